The van der Waals surface area contributed by atoms with Gasteiger partial charge in [-0.05, 0) is 31.1 Å². The van der Waals surface area contributed by atoms with Crippen molar-refractivity contribution in [2.45, 2.75) is 38.5 Å². The Kier molecular flexibility index (Phi) is 3.50. The summed E-state index contributed by atoms with van der Waals surface area (Å²) in [5, 5.41) is 17.6. The molecule has 4 nitrogen and oxygen atoms in total. The number of hydrogen-bond donors (Lipinski definition) is 2. The summed E-state index contributed by atoms with van der Waals surface area (Å²) in [6, 6.07) is 0. The van der Waals surface area contributed by atoms with E-state index in [1.54, 1.807) is 0 Å². The molecule has 15 heavy (non-hydrogen) atoms. The zero-order valence-corrected chi connectivity index (χ0v) is 8.66. The third kappa shape index (κ3) is 3.38. The minimum absolute atomic E-state index is 0.0490. The Balaban J connectivity index is 2.72. The molecular weight excluding hydrogens is 196 g/mol. The lowest BCUT2D eigenvalue weighted by Gasteiger charge is -2.35. The predicted octanol–water partition coefficient (Wildman–Crippen LogP) is 2.05. The second kappa shape index (κ2) is 4.47. The molecular formula is C11H16O4. The molecule has 0 radical (unpaired) electrons. The number of carbonyl (C=O) groups is 2. The zero-order chi connectivity index (χ0) is 11.5. The predicted molar refractivity (Wildman–Crippen MR) is 54.5 cm³/mol. The van der Waals surface area contributed by atoms with E-state index in [1.807, 2.05) is 0 Å². The van der Waals surface area contributed by atoms with Crippen molar-refractivity contribution in [1.82, 2.24) is 0 Å². The first kappa shape index (κ1) is 11.8. The average Bonchev–Trinajstić information content (AvgIpc) is 2.08. The van der Waals surface area contributed by atoms with E-state index in [4.69, 9.17) is 10.2 Å². The lowest BCUT2D eigenvalue weighted by Crippen LogP contribution is -2.30. The smallest absolute Gasteiger partial charge is 0.303 e. The normalized spacial score (nSPS) is 19.9. The standard InChI is InChI=1S/C11H16O4/c1-8-2-4-11(5-3-8,6-9(12)13)7-10(14)15/h1-7H2,(H,12,13)(H,14,15). The molecule has 4 heteroatoms. The maximum atomic E-state index is 10.7. The van der Waals surface area contributed by atoms with Crippen molar-refractivity contribution in [3.05, 3.63) is 12.2 Å². The summed E-state index contributed by atoms with van der Waals surface area (Å²) in [7, 11) is 0. The summed E-state index contributed by atoms with van der Waals surface area (Å²) in [4.78, 5) is 21.4. The van der Waals surface area contributed by atoms with Gasteiger partial charge in [0.1, 0.15) is 0 Å². The highest BCUT2D eigenvalue weighted by Gasteiger charge is 2.37. The van der Waals surface area contributed by atoms with Crippen molar-refractivity contribution in [2.24, 2.45) is 5.41 Å². The van der Waals surface area contributed by atoms with Gasteiger partial charge in [0.05, 0.1) is 12.8 Å². The second-order valence-electron chi connectivity index (χ2n) is 4.39. The Hall–Kier alpha value is -1.32. The number of allylic oxidation sites excluding steroid dienone is 1. The second-order valence-corrected chi connectivity index (χ2v) is 4.39. The van der Waals surface area contributed by atoms with Crippen LogP contribution in [0.3, 0.4) is 0 Å². The van der Waals surface area contributed by atoms with Gasteiger partial charge in [-0.3, -0.25) is 9.59 Å². The summed E-state index contributed by atoms with van der Waals surface area (Å²) in [5.41, 5.74) is 0.542. The Morgan fingerprint density at radius 1 is 1.13 bits per heavy atom. The highest BCUT2D eigenvalue weighted by atomic mass is 16.4. The van der Waals surface area contributed by atoms with Crippen LogP contribution in [0, 0.1) is 5.41 Å². The zero-order valence-electron chi connectivity index (χ0n) is 8.66. The molecule has 0 unspecified atom stereocenters. The van der Waals surface area contributed by atoms with Gasteiger partial charge in [0.2, 0.25) is 0 Å². The van der Waals surface area contributed by atoms with E-state index in [-0.39, 0.29) is 12.8 Å². The molecule has 0 bridgehead atoms. The average molecular weight is 212 g/mol. The minimum Gasteiger partial charge on any atom is -0.481 e. The number of carboxylic acids is 2. The summed E-state index contributed by atoms with van der Waals surface area (Å²) in [5.74, 6) is -1.83. The molecule has 0 amide bonds. The largest absolute Gasteiger partial charge is 0.481 e. The van der Waals surface area contributed by atoms with Crippen molar-refractivity contribution < 1.29 is 19.8 Å². The first-order chi connectivity index (χ1) is 6.93. The van der Waals surface area contributed by atoms with E-state index in [9.17, 15) is 9.59 Å². The van der Waals surface area contributed by atoms with Gasteiger partial charge in [-0.1, -0.05) is 12.2 Å². The molecule has 2 N–H and O–H groups in total. The summed E-state index contributed by atoms with van der Waals surface area (Å²) in [6.45, 7) is 3.84. The van der Waals surface area contributed by atoms with E-state index in [1.165, 1.54) is 0 Å². The molecule has 0 saturated heterocycles. The molecule has 1 rings (SSSR count). The number of carboxylic acid groups (broad SMARTS) is 2. The monoisotopic (exact) mass is 212 g/mol. The molecule has 0 spiro atoms. The van der Waals surface area contributed by atoms with Gasteiger partial charge in [0.25, 0.3) is 0 Å². The van der Waals surface area contributed by atoms with E-state index < -0.39 is 17.4 Å². The topological polar surface area (TPSA) is 74.6 Å². The van der Waals surface area contributed by atoms with E-state index >= 15 is 0 Å². The quantitative estimate of drug-likeness (QED) is 0.699. The van der Waals surface area contributed by atoms with Crippen molar-refractivity contribution in [3.63, 3.8) is 0 Å². The molecule has 0 aliphatic heterocycles. The van der Waals surface area contributed by atoms with Crippen LogP contribution >= 0.6 is 0 Å². The van der Waals surface area contributed by atoms with E-state index in [0.717, 1.165) is 18.4 Å². The van der Waals surface area contributed by atoms with Crippen LogP contribution < -0.4 is 0 Å². The third-order valence-electron chi connectivity index (χ3n) is 3.07. The number of hydrogen-bond acceptors (Lipinski definition) is 2. The van der Waals surface area contributed by atoms with Gasteiger partial charge in [-0.25, -0.2) is 0 Å². The third-order valence-corrected chi connectivity index (χ3v) is 3.07. The first-order valence-electron chi connectivity index (χ1n) is 5.04. The Morgan fingerprint density at radius 2 is 1.53 bits per heavy atom. The van der Waals surface area contributed by atoms with Gasteiger partial charge >= 0.3 is 11.9 Å². The van der Waals surface area contributed by atoms with Gasteiger partial charge in [-0.15, -0.1) is 0 Å². The summed E-state index contributed by atoms with van der Waals surface area (Å²) < 4.78 is 0. The molecule has 0 heterocycles. The fraction of sp³-hybridized carbons (Fsp3) is 0.636. The molecule has 84 valence electrons. The van der Waals surface area contributed by atoms with Crippen molar-refractivity contribution in [1.29, 1.82) is 0 Å². The fourth-order valence-electron chi connectivity index (χ4n) is 2.19. The molecule has 0 atom stereocenters. The summed E-state index contributed by atoms with van der Waals surface area (Å²) in [6.07, 6.45) is 2.66. The van der Waals surface area contributed by atoms with Crippen LogP contribution in [0.2, 0.25) is 0 Å². The molecule has 0 aromatic rings. The number of rotatable bonds is 4. The maximum absolute atomic E-state index is 10.7. The summed E-state index contributed by atoms with van der Waals surface area (Å²) >= 11 is 0. The molecule has 1 aliphatic rings. The first-order valence-corrected chi connectivity index (χ1v) is 5.04. The van der Waals surface area contributed by atoms with Crippen LogP contribution in [0.4, 0.5) is 0 Å². The fourth-order valence-corrected chi connectivity index (χ4v) is 2.19. The Labute approximate surface area is 88.6 Å². The number of aliphatic carboxylic acids is 2. The van der Waals surface area contributed by atoms with Crippen LogP contribution in [-0.4, -0.2) is 22.2 Å². The molecule has 0 aromatic carbocycles. The molecule has 1 fully saturated rings. The maximum Gasteiger partial charge on any atom is 0.303 e. The van der Waals surface area contributed by atoms with Crippen LogP contribution in [0.15, 0.2) is 12.2 Å². The Bertz CT molecular complexity index is 265. The molecule has 0 aromatic heterocycles. The van der Waals surface area contributed by atoms with Gasteiger partial charge < -0.3 is 10.2 Å². The molecule has 1 aliphatic carbocycles. The lowest BCUT2D eigenvalue weighted by atomic mass is 9.68. The van der Waals surface area contributed by atoms with Crippen LogP contribution in [0.25, 0.3) is 0 Å². The van der Waals surface area contributed by atoms with Crippen molar-refractivity contribution in [2.75, 3.05) is 0 Å². The van der Waals surface area contributed by atoms with Gasteiger partial charge in [0.15, 0.2) is 0 Å². The van der Waals surface area contributed by atoms with Crippen LogP contribution in [0.1, 0.15) is 38.5 Å². The van der Waals surface area contributed by atoms with Crippen molar-refractivity contribution >= 4 is 11.9 Å². The highest BCUT2D eigenvalue weighted by Crippen LogP contribution is 2.43. The minimum atomic E-state index is -0.913. The molecule has 1 saturated carbocycles. The Morgan fingerprint density at radius 3 is 1.87 bits per heavy atom. The van der Waals surface area contributed by atoms with E-state index in [0.29, 0.717) is 12.8 Å². The SMILES string of the molecule is C=C1CCC(CC(=O)O)(CC(=O)O)CC1. The van der Waals surface area contributed by atoms with Crippen molar-refractivity contribution in [3.8, 4) is 0 Å². The van der Waals surface area contributed by atoms with Gasteiger partial charge in [-0.2, -0.15) is 0 Å². The lowest BCUT2D eigenvalue weighted by molar-refractivity contribution is -0.144. The van der Waals surface area contributed by atoms with Crippen LogP contribution in [0.5, 0.6) is 0 Å². The van der Waals surface area contributed by atoms with Crippen LogP contribution in [-0.2, 0) is 9.59 Å². The highest BCUT2D eigenvalue weighted by molar-refractivity contribution is 5.72. The van der Waals surface area contributed by atoms with E-state index in [2.05, 4.69) is 6.58 Å². The van der Waals surface area contributed by atoms with Gasteiger partial charge in [0, 0.05) is 0 Å².